The van der Waals surface area contributed by atoms with Gasteiger partial charge in [-0.25, -0.2) is 0 Å². The van der Waals surface area contributed by atoms with Crippen LogP contribution in [0.2, 0.25) is 0 Å². The molecule has 0 unspecified atom stereocenters. The molecule has 0 spiro atoms. The number of carbonyl (C=O) groups is 2. The lowest BCUT2D eigenvalue weighted by molar-refractivity contribution is -0.197. The molecule has 4 nitrogen and oxygen atoms in total. The van der Waals surface area contributed by atoms with Crippen LogP contribution in [0.3, 0.4) is 0 Å². The van der Waals surface area contributed by atoms with Gasteiger partial charge >= 0.3 is 11.9 Å². The lowest BCUT2D eigenvalue weighted by Crippen LogP contribution is -2.59. The van der Waals surface area contributed by atoms with E-state index in [0.717, 1.165) is 32.1 Å². The molecule has 0 saturated heterocycles. The van der Waals surface area contributed by atoms with E-state index in [0.29, 0.717) is 35.5 Å². The normalized spacial score (nSPS) is 36.6. The molecule has 236 valence electrons. The fourth-order valence-corrected chi connectivity index (χ4v) is 10.9. The van der Waals surface area contributed by atoms with Gasteiger partial charge in [0.2, 0.25) is 0 Å². The fourth-order valence-electron chi connectivity index (χ4n) is 10.9. The molecule has 10 atom stereocenters. The summed E-state index contributed by atoms with van der Waals surface area (Å²) in [6.45, 7) is 10.6. The van der Waals surface area contributed by atoms with Gasteiger partial charge in [0.25, 0.3) is 0 Å². The maximum atomic E-state index is 12.6. The van der Waals surface area contributed by atoms with Gasteiger partial charge in [0.05, 0.1) is 0 Å². The topological polar surface area (TPSA) is 52.6 Å². The molecular formula is C40H52O4. The van der Waals surface area contributed by atoms with Crippen LogP contribution in [0.5, 0.6) is 0 Å². The van der Waals surface area contributed by atoms with Gasteiger partial charge in [-0.1, -0.05) is 87.5 Å². The van der Waals surface area contributed by atoms with E-state index in [1.165, 1.54) is 49.3 Å². The SMILES string of the molecule is CC(=O)O[C@H]1CC[C@@]2(C)[C@@H](CC[C@H]3[C@H]2C[C@H](OC(C)=O)[C@]2(C)[C@@H]([C@@H](C)CC=C(c4ccccc4)c4ccccc4)CC[C@@H]32)C1. The van der Waals surface area contributed by atoms with E-state index >= 15 is 0 Å². The number of ether oxygens (including phenoxy) is 2. The number of fused-ring (bicyclic) bond motifs is 5. The average molecular weight is 597 g/mol. The summed E-state index contributed by atoms with van der Waals surface area (Å²) in [5.41, 5.74) is 4.01. The van der Waals surface area contributed by atoms with E-state index < -0.39 is 0 Å². The molecule has 4 heteroatoms. The smallest absolute Gasteiger partial charge is 0.302 e. The number of hydrogen-bond acceptors (Lipinski definition) is 4. The molecule has 0 amide bonds. The van der Waals surface area contributed by atoms with Crippen LogP contribution >= 0.6 is 0 Å². The Morgan fingerprint density at radius 3 is 2.07 bits per heavy atom. The lowest BCUT2D eigenvalue weighted by Gasteiger charge is -2.62. The molecule has 44 heavy (non-hydrogen) atoms. The van der Waals surface area contributed by atoms with Gasteiger partial charge in [-0.15, -0.1) is 0 Å². The van der Waals surface area contributed by atoms with Gasteiger partial charge in [-0.05, 0) is 115 Å². The monoisotopic (exact) mass is 596 g/mol. The average Bonchev–Trinajstić information content (AvgIpc) is 3.37. The van der Waals surface area contributed by atoms with Crippen molar-refractivity contribution in [3.05, 3.63) is 77.9 Å². The Balaban J connectivity index is 1.26. The van der Waals surface area contributed by atoms with Gasteiger partial charge in [-0.3, -0.25) is 9.59 Å². The molecule has 4 fully saturated rings. The standard InChI is InChI=1S/C40H52O4/c1-26(16-18-33(29-12-8-6-9-13-29)30-14-10-7-11-15-30)35-20-21-36-34-19-17-31-24-32(43-27(2)41)22-23-39(31,4)37(34)25-38(40(35,36)5)44-28(3)42/h6-15,18,26,31-32,34-38H,16-17,19-25H2,1-5H3/t26-,31-,32-,34+,35+,36-,37+,38-,39-,40+/m0/s1. The Labute approximate surface area is 265 Å². The highest BCUT2D eigenvalue weighted by Crippen LogP contribution is 2.69. The molecule has 0 aromatic heterocycles. The van der Waals surface area contributed by atoms with Crippen LogP contribution < -0.4 is 0 Å². The summed E-state index contributed by atoms with van der Waals surface area (Å²) in [7, 11) is 0. The highest BCUT2D eigenvalue weighted by Gasteiger charge is 2.65. The third kappa shape index (κ3) is 5.67. The van der Waals surface area contributed by atoms with Crippen molar-refractivity contribution < 1.29 is 19.1 Å². The molecule has 4 saturated carbocycles. The third-order valence-corrected chi connectivity index (χ3v) is 13.0. The summed E-state index contributed by atoms with van der Waals surface area (Å²) >= 11 is 0. The summed E-state index contributed by atoms with van der Waals surface area (Å²) in [5, 5.41) is 0. The second-order valence-electron chi connectivity index (χ2n) is 15.1. The van der Waals surface area contributed by atoms with Crippen LogP contribution in [-0.2, 0) is 19.1 Å². The molecule has 0 aliphatic heterocycles. The molecule has 0 N–H and O–H groups in total. The number of allylic oxidation sites excluding steroid dienone is 1. The Hall–Kier alpha value is -2.88. The largest absolute Gasteiger partial charge is 0.463 e. The summed E-state index contributed by atoms with van der Waals surface area (Å²) in [4.78, 5) is 24.4. The molecule has 0 radical (unpaired) electrons. The lowest BCUT2D eigenvalue weighted by atomic mass is 9.43. The van der Waals surface area contributed by atoms with Crippen molar-refractivity contribution in [3.8, 4) is 0 Å². The number of carbonyl (C=O) groups excluding carboxylic acids is 2. The van der Waals surface area contributed by atoms with Crippen LogP contribution in [0.1, 0.15) is 104 Å². The van der Waals surface area contributed by atoms with Crippen molar-refractivity contribution in [2.75, 3.05) is 0 Å². The van der Waals surface area contributed by atoms with Crippen molar-refractivity contribution in [2.24, 2.45) is 46.3 Å². The minimum Gasteiger partial charge on any atom is -0.463 e. The Morgan fingerprint density at radius 2 is 1.45 bits per heavy atom. The van der Waals surface area contributed by atoms with Crippen LogP contribution in [0.15, 0.2) is 66.7 Å². The molecule has 0 bridgehead atoms. The molecule has 0 heterocycles. The predicted molar refractivity (Wildman–Crippen MR) is 175 cm³/mol. The second-order valence-corrected chi connectivity index (χ2v) is 15.1. The highest BCUT2D eigenvalue weighted by molar-refractivity contribution is 5.79. The molecule has 4 aliphatic carbocycles. The van der Waals surface area contributed by atoms with Crippen LogP contribution in [0, 0.1) is 46.3 Å². The zero-order chi connectivity index (χ0) is 31.1. The van der Waals surface area contributed by atoms with E-state index in [9.17, 15) is 9.59 Å². The van der Waals surface area contributed by atoms with Gasteiger partial charge < -0.3 is 9.47 Å². The molecular weight excluding hydrogens is 544 g/mol. The Kier molecular flexibility index (Phi) is 8.83. The summed E-state index contributed by atoms with van der Waals surface area (Å²) in [6, 6.07) is 21.5. The first-order valence-corrected chi connectivity index (χ1v) is 17.3. The van der Waals surface area contributed by atoms with E-state index in [2.05, 4.69) is 87.5 Å². The molecule has 2 aromatic rings. The van der Waals surface area contributed by atoms with Crippen molar-refractivity contribution in [1.29, 1.82) is 0 Å². The van der Waals surface area contributed by atoms with Crippen molar-refractivity contribution in [3.63, 3.8) is 0 Å². The Bertz CT molecular complexity index is 1310. The third-order valence-electron chi connectivity index (χ3n) is 13.0. The number of hydrogen-bond donors (Lipinski definition) is 0. The van der Waals surface area contributed by atoms with Crippen LogP contribution in [-0.4, -0.2) is 24.1 Å². The number of rotatable bonds is 7. The molecule has 2 aromatic carbocycles. The van der Waals surface area contributed by atoms with E-state index in [1.807, 2.05) is 0 Å². The number of esters is 2. The Morgan fingerprint density at radius 1 is 0.818 bits per heavy atom. The van der Waals surface area contributed by atoms with Gasteiger partial charge in [0.1, 0.15) is 12.2 Å². The number of benzene rings is 2. The zero-order valence-corrected chi connectivity index (χ0v) is 27.5. The first-order valence-electron chi connectivity index (χ1n) is 17.3. The minimum absolute atomic E-state index is 0.0160. The zero-order valence-electron chi connectivity index (χ0n) is 27.5. The quantitative estimate of drug-likeness (QED) is 0.299. The van der Waals surface area contributed by atoms with Crippen molar-refractivity contribution in [2.45, 2.75) is 105 Å². The molecule has 4 aliphatic rings. The fraction of sp³-hybridized carbons (Fsp3) is 0.600. The first kappa shape index (κ1) is 31.1. The first-order chi connectivity index (χ1) is 21.1. The predicted octanol–water partition coefficient (Wildman–Crippen LogP) is 9.28. The summed E-state index contributed by atoms with van der Waals surface area (Å²) in [6.07, 6.45) is 12.4. The van der Waals surface area contributed by atoms with Gasteiger partial charge in [-0.2, -0.15) is 0 Å². The van der Waals surface area contributed by atoms with E-state index in [-0.39, 0.29) is 35.0 Å². The highest BCUT2D eigenvalue weighted by atomic mass is 16.5. The maximum Gasteiger partial charge on any atom is 0.302 e. The molecule has 6 rings (SSSR count). The van der Waals surface area contributed by atoms with E-state index in [4.69, 9.17) is 9.47 Å². The minimum atomic E-state index is -0.156. The van der Waals surface area contributed by atoms with Crippen LogP contribution in [0.4, 0.5) is 0 Å². The van der Waals surface area contributed by atoms with Gasteiger partial charge in [0.15, 0.2) is 0 Å². The van der Waals surface area contributed by atoms with Gasteiger partial charge in [0, 0.05) is 19.3 Å². The second kappa shape index (κ2) is 12.5. The summed E-state index contributed by atoms with van der Waals surface area (Å²) in [5.74, 6) is 3.07. The maximum absolute atomic E-state index is 12.6. The van der Waals surface area contributed by atoms with Crippen molar-refractivity contribution in [1.82, 2.24) is 0 Å². The van der Waals surface area contributed by atoms with Crippen LogP contribution in [0.25, 0.3) is 5.57 Å². The van der Waals surface area contributed by atoms with Crippen molar-refractivity contribution >= 4 is 17.5 Å². The summed E-state index contributed by atoms with van der Waals surface area (Å²) < 4.78 is 12.1. The van der Waals surface area contributed by atoms with E-state index in [1.54, 1.807) is 6.92 Å².